The van der Waals surface area contributed by atoms with Crippen molar-refractivity contribution >= 4 is 23.4 Å². The van der Waals surface area contributed by atoms with Gasteiger partial charge in [-0.1, -0.05) is 11.8 Å². The van der Waals surface area contributed by atoms with Crippen LogP contribution in [0, 0.1) is 20.8 Å². The molecule has 3 aromatic heterocycles. The fourth-order valence-corrected chi connectivity index (χ4v) is 3.04. The highest BCUT2D eigenvalue weighted by atomic mass is 32.2. The summed E-state index contributed by atoms with van der Waals surface area (Å²) in [5.74, 6) is 0.928. The minimum Gasteiger partial charge on any atom is -0.469 e. The average molecular weight is 361 g/mol. The Bertz CT molecular complexity index is 911. The number of nitrogens with zero attached hydrogens (tertiary/aromatic N) is 4. The Morgan fingerprint density at radius 1 is 1.32 bits per heavy atom. The van der Waals surface area contributed by atoms with E-state index in [0.717, 1.165) is 22.6 Å². The van der Waals surface area contributed by atoms with Gasteiger partial charge in [-0.25, -0.2) is 0 Å². The summed E-state index contributed by atoms with van der Waals surface area (Å²) in [4.78, 5) is 12.4. The van der Waals surface area contributed by atoms with E-state index in [2.05, 4.69) is 20.6 Å². The second-order valence-electron chi connectivity index (χ2n) is 5.68. The molecule has 25 heavy (non-hydrogen) atoms. The van der Waals surface area contributed by atoms with E-state index in [0.29, 0.717) is 16.9 Å². The first kappa shape index (κ1) is 17.3. The zero-order valence-corrected chi connectivity index (χ0v) is 15.5. The summed E-state index contributed by atoms with van der Waals surface area (Å²) in [6.07, 6.45) is 1.57. The van der Waals surface area contributed by atoms with E-state index < -0.39 is 5.25 Å². The lowest BCUT2D eigenvalue weighted by Crippen LogP contribution is -2.23. The maximum absolute atomic E-state index is 12.4. The van der Waals surface area contributed by atoms with Crippen molar-refractivity contribution in [2.75, 3.05) is 5.32 Å². The number of hydrogen-bond acceptors (Lipinski definition) is 7. The molecule has 3 rings (SSSR count). The first-order chi connectivity index (χ1) is 11.9. The normalized spacial score (nSPS) is 12.4. The molecule has 0 radical (unpaired) electrons. The van der Waals surface area contributed by atoms with Gasteiger partial charge in [-0.15, -0.1) is 10.2 Å². The highest BCUT2D eigenvalue weighted by Gasteiger charge is 2.22. The molecule has 0 aliphatic heterocycles. The lowest BCUT2D eigenvalue weighted by molar-refractivity contribution is -0.115. The van der Waals surface area contributed by atoms with Gasteiger partial charge in [0.15, 0.2) is 0 Å². The van der Waals surface area contributed by atoms with Crippen LogP contribution in [0.15, 0.2) is 26.4 Å². The SMILES string of the molecule is Cc1nn(C)c(C)c1NC(=O)[C@H](C)Sc1nnc(-c2ccoc2C)o1. The minimum atomic E-state index is -0.405. The molecule has 0 unspecified atom stereocenters. The van der Waals surface area contributed by atoms with Crippen molar-refractivity contribution < 1.29 is 13.6 Å². The largest absolute Gasteiger partial charge is 0.469 e. The van der Waals surface area contributed by atoms with Crippen molar-refractivity contribution in [2.45, 2.75) is 38.2 Å². The van der Waals surface area contributed by atoms with Crippen LogP contribution in [-0.2, 0) is 11.8 Å². The summed E-state index contributed by atoms with van der Waals surface area (Å²) in [5.41, 5.74) is 3.16. The fraction of sp³-hybridized carbons (Fsp3) is 0.375. The number of aromatic nitrogens is 4. The van der Waals surface area contributed by atoms with Crippen LogP contribution in [0.1, 0.15) is 24.1 Å². The molecule has 1 N–H and O–H groups in total. The van der Waals surface area contributed by atoms with Crippen LogP contribution < -0.4 is 5.32 Å². The van der Waals surface area contributed by atoms with E-state index in [4.69, 9.17) is 8.83 Å². The van der Waals surface area contributed by atoms with Crippen LogP contribution in [0.25, 0.3) is 11.5 Å². The van der Waals surface area contributed by atoms with Gasteiger partial charge in [-0.05, 0) is 33.8 Å². The predicted octanol–water partition coefficient (Wildman–Crippen LogP) is 3.11. The van der Waals surface area contributed by atoms with Gasteiger partial charge in [0.1, 0.15) is 5.76 Å². The summed E-state index contributed by atoms with van der Waals surface area (Å²) in [6.45, 7) is 7.37. The first-order valence-corrected chi connectivity index (χ1v) is 8.60. The molecule has 0 aliphatic rings. The summed E-state index contributed by atoms with van der Waals surface area (Å²) >= 11 is 1.20. The van der Waals surface area contributed by atoms with Crippen LogP contribution in [0.3, 0.4) is 0 Å². The van der Waals surface area contributed by atoms with Crippen molar-refractivity contribution in [2.24, 2.45) is 7.05 Å². The molecule has 0 saturated carbocycles. The molecule has 0 saturated heterocycles. The van der Waals surface area contributed by atoms with Gasteiger partial charge in [-0.3, -0.25) is 9.48 Å². The molecule has 0 fully saturated rings. The molecule has 1 atom stereocenters. The molecule has 9 heteroatoms. The summed E-state index contributed by atoms with van der Waals surface area (Å²) < 4.78 is 12.6. The maximum atomic E-state index is 12.4. The van der Waals surface area contributed by atoms with Crippen LogP contribution >= 0.6 is 11.8 Å². The highest BCUT2D eigenvalue weighted by Crippen LogP contribution is 2.29. The Balaban J connectivity index is 1.68. The molecular weight excluding hydrogens is 342 g/mol. The number of aryl methyl sites for hydroxylation is 3. The molecule has 3 aromatic rings. The fourth-order valence-electron chi connectivity index (χ4n) is 2.36. The topological polar surface area (TPSA) is 99.0 Å². The molecular formula is C16H19N5O3S. The molecule has 3 heterocycles. The molecule has 132 valence electrons. The average Bonchev–Trinajstić information content (AvgIpc) is 3.24. The Morgan fingerprint density at radius 2 is 2.08 bits per heavy atom. The summed E-state index contributed by atoms with van der Waals surface area (Å²) in [7, 11) is 1.84. The van der Waals surface area contributed by atoms with Crippen molar-refractivity contribution in [3.05, 3.63) is 29.5 Å². The van der Waals surface area contributed by atoms with E-state index in [-0.39, 0.29) is 5.91 Å². The van der Waals surface area contributed by atoms with Gasteiger partial charge >= 0.3 is 0 Å². The lowest BCUT2D eigenvalue weighted by atomic mass is 10.3. The number of furan rings is 1. The van der Waals surface area contributed by atoms with Crippen molar-refractivity contribution in [1.29, 1.82) is 0 Å². The van der Waals surface area contributed by atoms with E-state index >= 15 is 0 Å². The first-order valence-electron chi connectivity index (χ1n) is 7.72. The predicted molar refractivity (Wildman–Crippen MR) is 93.4 cm³/mol. The number of carbonyl (C=O) groups excluding carboxylic acids is 1. The van der Waals surface area contributed by atoms with Crippen LogP contribution in [-0.4, -0.2) is 31.1 Å². The van der Waals surface area contributed by atoms with Gasteiger partial charge < -0.3 is 14.2 Å². The number of amides is 1. The third-order valence-electron chi connectivity index (χ3n) is 3.90. The van der Waals surface area contributed by atoms with Crippen molar-refractivity contribution in [3.63, 3.8) is 0 Å². The third-order valence-corrected chi connectivity index (χ3v) is 4.83. The van der Waals surface area contributed by atoms with Crippen LogP contribution in [0.4, 0.5) is 5.69 Å². The zero-order valence-electron chi connectivity index (χ0n) is 14.7. The van der Waals surface area contributed by atoms with Crippen LogP contribution in [0.5, 0.6) is 0 Å². The van der Waals surface area contributed by atoms with Gasteiger partial charge in [-0.2, -0.15) is 5.10 Å². The van der Waals surface area contributed by atoms with E-state index in [1.54, 1.807) is 23.9 Å². The van der Waals surface area contributed by atoms with E-state index in [1.807, 2.05) is 27.8 Å². The van der Waals surface area contributed by atoms with Crippen molar-refractivity contribution in [3.8, 4) is 11.5 Å². The smallest absolute Gasteiger partial charge is 0.277 e. The van der Waals surface area contributed by atoms with Gasteiger partial charge in [0.2, 0.25) is 5.91 Å². The Kier molecular flexibility index (Phi) is 4.67. The molecule has 8 nitrogen and oxygen atoms in total. The van der Waals surface area contributed by atoms with Crippen molar-refractivity contribution in [1.82, 2.24) is 20.0 Å². The molecule has 0 spiro atoms. The molecule has 0 aromatic carbocycles. The third kappa shape index (κ3) is 3.46. The monoisotopic (exact) mass is 361 g/mol. The lowest BCUT2D eigenvalue weighted by Gasteiger charge is -2.10. The second-order valence-corrected chi connectivity index (χ2v) is 6.97. The Morgan fingerprint density at radius 3 is 2.68 bits per heavy atom. The molecule has 1 amide bonds. The second kappa shape index (κ2) is 6.75. The highest BCUT2D eigenvalue weighted by molar-refractivity contribution is 8.00. The van der Waals surface area contributed by atoms with Gasteiger partial charge in [0.25, 0.3) is 11.1 Å². The number of carbonyl (C=O) groups is 1. The maximum Gasteiger partial charge on any atom is 0.277 e. The Hall–Kier alpha value is -2.55. The summed E-state index contributed by atoms with van der Waals surface area (Å²) in [6, 6.07) is 1.77. The number of hydrogen-bond donors (Lipinski definition) is 1. The minimum absolute atomic E-state index is 0.150. The van der Waals surface area contributed by atoms with Gasteiger partial charge in [0.05, 0.1) is 34.2 Å². The molecule has 0 bridgehead atoms. The zero-order chi connectivity index (χ0) is 18.1. The standard InChI is InChI=1S/C16H19N5O3S/c1-8-13(9(2)21(5)20-8)17-14(22)11(4)25-16-19-18-15(24-16)12-6-7-23-10(12)3/h6-7,11H,1-5H3,(H,17,22)/t11-/m0/s1. The van der Waals surface area contributed by atoms with E-state index in [9.17, 15) is 4.79 Å². The number of rotatable bonds is 5. The summed E-state index contributed by atoms with van der Waals surface area (Å²) in [5, 5.41) is 15.1. The number of nitrogens with one attached hydrogen (secondary N) is 1. The quantitative estimate of drug-likeness (QED) is 0.697. The van der Waals surface area contributed by atoms with E-state index in [1.165, 1.54) is 11.8 Å². The molecule has 0 aliphatic carbocycles. The van der Waals surface area contributed by atoms with Gasteiger partial charge in [0, 0.05) is 7.05 Å². The van der Waals surface area contributed by atoms with Crippen LogP contribution in [0.2, 0.25) is 0 Å². The number of thioether (sulfide) groups is 1. The Labute approximate surface area is 149 Å². The number of anilines is 1.